The number of rotatable bonds is 6. The molecule has 4 nitrogen and oxygen atoms in total. The summed E-state index contributed by atoms with van der Waals surface area (Å²) in [7, 11) is 1.23. The summed E-state index contributed by atoms with van der Waals surface area (Å²) in [5, 5.41) is 0. The molecule has 2 unspecified atom stereocenters. The second-order valence-electron chi connectivity index (χ2n) is 5.01. The van der Waals surface area contributed by atoms with E-state index in [1.807, 2.05) is 6.92 Å². The molecule has 0 aromatic carbocycles. The van der Waals surface area contributed by atoms with Crippen LogP contribution in [0.2, 0.25) is 0 Å². The molecule has 1 rings (SSSR count). The molecule has 0 radical (unpaired) electrons. The lowest BCUT2D eigenvalue weighted by Gasteiger charge is -2.08. The van der Waals surface area contributed by atoms with Crippen LogP contribution in [-0.2, 0) is 19.1 Å². The first kappa shape index (κ1) is 13.2. The number of methoxy groups -OCH3 is 1. The van der Waals surface area contributed by atoms with E-state index in [0.717, 1.165) is 12.8 Å². The van der Waals surface area contributed by atoms with Gasteiger partial charge in [-0.2, -0.15) is 0 Å². The van der Waals surface area contributed by atoms with Gasteiger partial charge in [-0.25, -0.2) is 4.79 Å². The third-order valence-electron chi connectivity index (χ3n) is 3.03. The third kappa shape index (κ3) is 3.59. The molecule has 1 heterocycles. The fraction of sp³-hybridized carbons (Fsp3) is 0.833. The van der Waals surface area contributed by atoms with Gasteiger partial charge >= 0.3 is 5.97 Å². The van der Waals surface area contributed by atoms with Crippen molar-refractivity contribution in [3.63, 3.8) is 0 Å². The zero-order valence-corrected chi connectivity index (χ0v) is 10.4. The first-order valence-corrected chi connectivity index (χ1v) is 5.65. The van der Waals surface area contributed by atoms with Gasteiger partial charge < -0.3 is 9.47 Å². The Hall–Kier alpha value is -0.900. The minimum atomic E-state index is -0.741. The molecule has 2 atom stereocenters. The van der Waals surface area contributed by atoms with Gasteiger partial charge in [0.15, 0.2) is 0 Å². The van der Waals surface area contributed by atoms with Gasteiger partial charge in [0.1, 0.15) is 0 Å². The van der Waals surface area contributed by atoms with Gasteiger partial charge in [0.25, 0.3) is 0 Å². The number of hydrogen-bond donors (Lipinski definition) is 0. The summed E-state index contributed by atoms with van der Waals surface area (Å²) < 4.78 is 9.82. The second kappa shape index (κ2) is 4.95. The Labute approximate surface area is 96.3 Å². The molecule has 0 aliphatic carbocycles. The van der Waals surface area contributed by atoms with E-state index in [9.17, 15) is 9.59 Å². The van der Waals surface area contributed by atoms with Gasteiger partial charge in [-0.05, 0) is 32.6 Å². The Morgan fingerprint density at radius 2 is 2.00 bits per heavy atom. The Bertz CT molecular complexity index is 283. The molecule has 0 aromatic heterocycles. The Morgan fingerprint density at radius 1 is 1.44 bits per heavy atom. The van der Waals surface area contributed by atoms with Gasteiger partial charge in [0.2, 0.25) is 5.78 Å². The smallest absolute Gasteiger partial charge is 0.374 e. The summed E-state index contributed by atoms with van der Waals surface area (Å²) in [5.41, 5.74) is 0.00603. The van der Waals surface area contributed by atoms with Crippen molar-refractivity contribution < 1.29 is 19.1 Å². The number of epoxide rings is 1. The number of Topliss-reactive ketones (excluding diaryl/α,β-unsaturated/α-hetero) is 1. The molecular weight excluding hydrogens is 208 g/mol. The number of carbonyl (C=O) groups is 2. The molecule has 4 heteroatoms. The van der Waals surface area contributed by atoms with Crippen LogP contribution in [0.3, 0.4) is 0 Å². The number of ether oxygens (including phenoxy) is 2. The zero-order valence-electron chi connectivity index (χ0n) is 10.4. The quantitative estimate of drug-likeness (QED) is 0.394. The third-order valence-corrected chi connectivity index (χ3v) is 3.03. The predicted octanol–water partition coefficient (Wildman–Crippen LogP) is 1.71. The van der Waals surface area contributed by atoms with E-state index in [1.54, 1.807) is 0 Å². The van der Waals surface area contributed by atoms with Crippen LogP contribution in [0.4, 0.5) is 0 Å². The number of esters is 1. The van der Waals surface area contributed by atoms with E-state index in [2.05, 4.69) is 18.6 Å². The topological polar surface area (TPSA) is 55.9 Å². The number of hydrogen-bond acceptors (Lipinski definition) is 4. The molecule has 0 saturated carbocycles. The van der Waals surface area contributed by atoms with E-state index < -0.39 is 11.8 Å². The minimum Gasteiger partial charge on any atom is -0.463 e. The van der Waals surface area contributed by atoms with Crippen LogP contribution >= 0.6 is 0 Å². The SMILES string of the molecule is COC(=O)C(=O)CC(C)CCC1OC1(C)C. The van der Waals surface area contributed by atoms with Gasteiger partial charge in [0.05, 0.1) is 18.8 Å². The molecule has 92 valence electrons. The van der Waals surface area contributed by atoms with Crippen molar-refractivity contribution in [3.8, 4) is 0 Å². The highest BCUT2D eigenvalue weighted by Crippen LogP contribution is 2.39. The Kier molecular flexibility index (Phi) is 4.08. The fourth-order valence-corrected chi connectivity index (χ4v) is 1.79. The lowest BCUT2D eigenvalue weighted by molar-refractivity contribution is -0.152. The summed E-state index contributed by atoms with van der Waals surface area (Å²) in [5.74, 6) is -0.979. The van der Waals surface area contributed by atoms with Crippen LogP contribution in [-0.4, -0.2) is 30.6 Å². The average Bonchev–Trinajstić information content (AvgIpc) is 2.82. The van der Waals surface area contributed by atoms with Crippen molar-refractivity contribution in [2.75, 3.05) is 7.11 Å². The molecule has 0 spiro atoms. The average molecular weight is 228 g/mol. The van der Waals surface area contributed by atoms with Crippen molar-refractivity contribution in [3.05, 3.63) is 0 Å². The monoisotopic (exact) mass is 228 g/mol. The molecule has 0 bridgehead atoms. The van der Waals surface area contributed by atoms with Crippen molar-refractivity contribution in [1.29, 1.82) is 0 Å². The highest BCUT2D eigenvalue weighted by Gasteiger charge is 2.46. The van der Waals surface area contributed by atoms with Gasteiger partial charge in [-0.1, -0.05) is 6.92 Å². The zero-order chi connectivity index (χ0) is 12.3. The van der Waals surface area contributed by atoms with E-state index in [4.69, 9.17) is 4.74 Å². The molecule has 1 saturated heterocycles. The standard InChI is InChI=1S/C12H20O4/c1-8(7-9(13)11(14)15-4)5-6-10-12(2,3)16-10/h8,10H,5-7H2,1-4H3. The molecular formula is C12H20O4. The number of ketones is 1. The van der Waals surface area contributed by atoms with E-state index in [0.29, 0.717) is 6.10 Å². The van der Waals surface area contributed by atoms with E-state index in [-0.39, 0.29) is 17.9 Å². The van der Waals surface area contributed by atoms with Crippen LogP contribution in [0.5, 0.6) is 0 Å². The fourth-order valence-electron chi connectivity index (χ4n) is 1.79. The molecule has 1 aliphatic heterocycles. The normalized spacial score (nSPS) is 23.6. The van der Waals surface area contributed by atoms with Gasteiger partial charge in [-0.15, -0.1) is 0 Å². The highest BCUT2D eigenvalue weighted by molar-refractivity contribution is 6.33. The maximum absolute atomic E-state index is 11.3. The van der Waals surface area contributed by atoms with Gasteiger partial charge in [0, 0.05) is 6.42 Å². The Balaban J connectivity index is 2.19. The molecule has 16 heavy (non-hydrogen) atoms. The van der Waals surface area contributed by atoms with Crippen molar-refractivity contribution in [2.24, 2.45) is 5.92 Å². The highest BCUT2D eigenvalue weighted by atomic mass is 16.6. The molecule has 0 amide bonds. The maximum Gasteiger partial charge on any atom is 0.374 e. The second-order valence-corrected chi connectivity index (χ2v) is 5.01. The molecule has 1 fully saturated rings. The first-order valence-electron chi connectivity index (χ1n) is 5.65. The van der Waals surface area contributed by atoms with Crippen molar-refractivity contribution in [2.45, 2.75) is 51.7 Å². The molecule has 0 aromatic rings. The van der Waals surface area contributed by atoms with Crippen molar-refractivity contribution >= 4 is 11.8 Å². The van der Waals surface area contributed by atoms with E-state index >= 15 is 0 Å². The van der Waals surface area contributed by atoms with Crippen LogP contribution in [0, 0.1) is 5.92 Å². The summed E-state index contributed by atoms with van der Waals surface area (Å²) in [6.07, 6.45) is 2.42. The predicted molar refractivity (Wildman–Crippen MR) is 59.0 cm³/mol. The maximum atomic E-state index is 11.3. The van der Waals surface area contributed by atoms with Crippen molar-refractivity contribution in [1.82, 2.24) is 0 Å². The lowest BCUT2D eigenvalue weighted by Crippen LogP contribution is -2.18. The minimum absolute atomic E-state index is 0.00603. The Morgan fingerprint density at radius 3 is 2.44 bits per heavy atom. The number of carbonyl (C=O) groups excluding carboxylic acids is 2. The van der Waals surface area contributed by atoms with Crippen LogP contribution in [0.1, 0.15) is 40.0 Å². The lowest BCUT2D eigenvalue weighted by atomic mass is 9.96. The summed E-state index contributed by atoms with van der Waals surface area (Å²) in [6, 6.07) is 0. The first-order chi connectivity index (χ1) is 7.36. The van der Waals surface area contributed by atoms with Crippen LogP contribution < -0.4 is 0 Å². The summed E-state index contributed by atoms with van der Waals surface area (Å²) in [6.45, 7) is 6.08. The molecule has 1 aliphatic rings. The van der Waals surface area contributed by atoms with E-state index in [1.165, 1.54) is 7.11 Å². The van der Waals surface area contributed by atoms with Gasteiger partial charge in [-0.3, -0.25) is 4.79 Å². The van der Waals surface area contributed by atoms with Crippen LogP contribution in [0.25, 0.3) is 0 Å². The largest absolute Gasteiger partial charge is 0.463 e. The summed E-state index contributed by atoms with van der Waals surface area (Å²) in [4.78, 5) is 22.2. The molecule has 0 N–H and O–H groups in total. The summed E-state index contributed by atoms with van der Waals surface area (Å²) >= 11 is 0. The van der Waals surface area contributed by atoms with Crippen LogP contribution in [0.15, 0.2) is 0 Å².